The Kier molecular flexibility index (Phi) is 5.96. The van der Waals surface area contributed by atoms with Crippen molar-refractivity contribution in [2.75, 3.05) is 0 Å². The molecule has 2 aromatic carbocycles. The lowest BCUT2D eigenvalue weighted by molar-refractivity contribution is 0.295. The minimum absolute atomic E-state index is 0.513. The lowest BCUT2D eigenvalue weighted by atomic mass is 9.62. The first-order valence-electron chi connectivity index (χ1n) is 9.52. The van der Waals surface area contributed by atoms with Crippen LogP contribution in [0.25, 0.3) is 0 Å². The summed E-state index contributed by atoms with van der Waals surface area (Å²) in [5, 5.41) is 0. The Hall–Kier alpha value is -3.32. The predicted octanol–water partition coefficient (Wildman–Crippen LogP) is 7.04. The standard InChI is InChI=1S/C27H26O/c1-5-15-24-25(8-4)28-26(16-6-2)23(7-3)27(24,21-17-11-9-12-18-21)22-19-13-10-14-20-22/h5-20H,2,4H2,1,3H3/b15-5-,23-7+,26-16+. The van der Waals surface area contributed by atoms with E-state index in [-0.39, 0.29) is 0 Å². The van der Waals surface area contributed by atoms with Gasteiger partial charge in [0.05, 0.1) is 5.41 Å². The molecule has 0 N–H and O–H groups in total. The fourth-order valence-corrected chi connectivity index (χ4v) is 4.02. The fraction of sp³-hybridized carbons (Fsp3) is 0.111. The van der Waals surface area contributed by atoms with Crippen LogP contribution in [-0.2, 0) is 10.2 Å². The molecule has 0 amide bonds. The average molecular weight is 367 g/mol. The minimum atomic E-state index is -0.513. The van der Waals surface area contributed by atoms with Crippen molar-refractivity contribution in [2.24, 2.45) is 0 Å². The monoisotopic (exact) mass is 366 g/mol. The molecule has 0 bridgehead atoms. The third-order valence-corrected chi connectivity index (χ3v) is 5.05. The molecule has 2 aromatic rings. The van der Waals surface area contributed by atoms with E-state index >= 15 is 0 Å². The van der Waals surface area contributed by atoms with Gasteiger partial charge in [0, 0.05) is 11.1 Å². The summed E-state index contributed by atoms with van der Waals surface area (Å²) in [5.41, 5.74) is 4.00. The summed E-state index contributed by atoms with van der Waals surface area (Å²) in [7, 11) is 0. The van der Waals surface area contributed by atoms with Gasteiger partial charge in [0.15, 0.2) is 0 Å². The third-order valence-electron chi connectivity index (χ3n) is 5.05. The Morgan fingerprint density at radius 2 is 1.43 bits per heavy atom. The first kappa shape index (κ1) is 19.4. The van der Waals surface area contributed by atoms with Gasteiger partial charge in [-0.15, -0.1) is 0 Å². The molecule has 3 rings (SSSR count). The Bertz CT molecular complexity index is 930. The van der Waals surface area contributed by atoms with Gasteiger partial charge >= 0.3 is 0 Å². The highest BCUT2D eigenvalue weighted by Gasteiger charge is 2.46. The number of benzene rings is 2. The van der Waals surface area contributed by atoms with Gasteiger partial charge < -0.3 is 4.74 Å². The zero-order chi connectivity index (χ0) is 20.0. The van der Waals surface area contributed by atoms with Crippen LogP contribution >= 0.6 is 0 Å². The van der Waals surface area contributed by atoms with Crippen molar-refractivity contribution in [1.29, 1.82) is 0 Å². The summed E-state index contributed by atoms with van der Waals surface area (Å²) in [6, 6.07) is 21.1. The zero-order valence-electron chi connectivity index (χ0n) is 16.6. The van der Waals surface area contributed by atoms with Crippen LogP contribution < -0.4 is 0 Å². The van der Waals surface area contributed by atoms with Crippen molar-refractivity contribution in [1.82, 2.24) is 0 Å². The van der Waals surface area contributed by atoms with Gasteiger partial charge in [-0.3, -0.25) is 0 Å². The van der Waals surface area contributed by atoms with Gasteiger partial charge in [-0.25, -0.2) is 0 Å². The molecule has 28 heavy (non-hydrogen) atoms. The molecule has 0 atom stereocenters. The van der Waals surface area contributed by atoms with Crippen LogP contribution in [0.5, 0.6) is 0 Å². The molecule has 1 aliphatic heterocycles. The molecule has 0 aliphatic carbocycles. The highest BCUT2D eigenvalue weighted by molar-refractivity contribution is 5.67. The molecule has 0 saturated heterocycles. The Labute approximate surface area is 168 Å². The van der Waals surface area contributed by atoms with Crippen LogP contribution in [0.2, 0.25) is 0 Å². The molecule has 0 fully saturated rings. The molecule has 1 nitrogen and oxygen atoms in total. The van der Waals surface area contributed by atoms with E-state index in [0.717, 1.165) is 22.7 Å². The molecule has 1 heterocycles. The van der Waals surface area contributed by atoms with E-state index in [4.69, 9.17) is 4.74 Å². The normalized spacial score (nSPS) is 19.1. The predicted molar refractivity (Wildman–Crippen MR) is 119 cm³/mol. The van der Waals surface area contributed by atoms with Gasteiger partial charge in [-0.2, -0.15) is 0 Å². The van der Waals surface area contributed by atoms with Crippen molar-refractivity contribution in [3.63, 3.8) is 0 Å². The van der Waals surface area contributed by atoms with Crippen LogP contribution in [0.4, 0.5) is 0 Å². The molecule has 1 heteroatoms. The molecular weight excluding hydrogens is 340 g/mol. The summed E-state index contributed by atoms with van der Waals surface area (Å²) in [4.78, 5) is 0. The maximum Gasteiger partial charge on any atom is 0.131 e. The topological polar surface area (TPSA) is 9.23 Å². The fourth-order valence-electron chi connectivity index (χ4n) is 4.02. The smallest absolute Gasteiger partial charge is 0.131 e. The Balaban J connectivity index is 2.56. The van der Waals surface area contributed by atoms with Crippen LogP contribution in [0.3, 0.4) is 0 Å². The number of rotatable bonds is 5. The Morgan fingerprint density at radius 1 is 0.857 bits per heavy atom. The number of allylic oxidation sites excluding steroid dienone is 8. The van der Waals surface area contributed by atoms with Crippen molar-refractivity contribution in [3.05, 3.63) is 144 Å². The minimum Gasteiger partial charge on any atom is -0.457 e. The first-order chi connectivity index (χ1) is 13.7. The van der Waals surface area contributed by atoms with Crippen molar-refractivity contribution < 1.29 is 4.74 Å². The van der Waals surface area contributed by atoms with Crippen molar-refractivity contribution in [3.8, 4) is 0 Å². The molecule has 0 unspecified atom stereocenters. The second-order valence-corrected chi connectivity index (χ2v) is 6.54. The van der Waals surface area contributed by atoms with Crippen LogP contribution in [0.15, 0.2) is 133 Å². The molecule has 0 radical (unpaired) electrons. The molecule has 0 saturated carbocycles. The van der Waals surface area contributed by atoms with E-state index in [2.05, 4.69) is 86.8 Å². The second-order valence-electron chi connectivity index (χ2n) is 6.54. The summed E-state index contributed by atoms with van der Waals surface area (Å²) in [6.07, 6.45) is 11.8. The number of ether oxygens (including phenoxy) is 1. The average Bonchev–Trinajstić information content (AvgIpc) is 2.75. The summed E-state index contributed by atoms with van der Waals surface area (Å²) in [6.45, 7) is 12.0. The molecule has 0 aromatic heterocycles. The van der Waals surface area contributed by atoms with Gasteiger partial charge in [-0.1, -0.05) is 98.1 Å². The van der Waals surface area contributed by atoms with E-state index in [9.17, 15) is 0 Å². The molecule has 0 spiro atoms. The maximum absolute atomic E-state index is 6.27. The number of hydrogen-bond donors (Lipinski definition) is 0. The lowest BCUT2D eigenvalue weighted by Gasteiger charge is -2.43. The highest BCUT2D eigenvalue weighted by Crippen LogP contribution is 2.53. The van der Waals surface area contributed by atoms with Crippen molar-refractivity contribution in [2.45, 2.75) is 19.3 Å². The van der Waals surface area contributed by atoms with Gasteiger partial charge in [-0.05, 0) is 37.1 Å². The van der Waals surface area contributed by atoms with Gasteiger partial charge in [0.2, 0.25) is 0 Å². The van der Waals surface area contributed by atoms with Crippen LogP contribution in [0.1, 0.15) is 25.0 Å². The summed E-state index contributed by atoms with van der Waals surface area (Å²) < 4.78 is 6.27. The molecule has 140 valence electrons. The SMILES string of the molecule is C=C/C=C1/OC(C=C)=C(/C=C\C)C(c2ccccc2)(c2ccccc2)/C1=C/C. The zero-order valence-corrected chi connectivity index (χ0v) is 16.6. The molecular formula is C27H26O. The second kappa shape index (κ2) is 8.58. The van der Waals surface area contributed by atoms with Crippen molar-refractivity contribution >= 4 is 0 Å². The van der Waals surface area contributed by atoms with E-state index in [1.807, 2.05) is 25.1 Å². The van der Waals surface area contributed by atoms with E-state index < -0.39 is 5.41 Å². The maximum atomic E-state index is 6.27. The quantitative estimate of drug-likeness (QED) is 0.551. The van der Waals surface area contributed by atoms with Crippen LogP contribution in [0, 0.1) is 0 Å². The lowest BCUT2D eigenvalue weighted by Crippen LogP contribution is -2.37. The van der Waals surface area contributed by atoms with E-state index in [1.165, 1.54) is 11.1 Å². The molecule has 1 aliphatic rings. The third kappa shape index (κ3) is 3.10. The largest absolute Gasteiger partial charge is 0.457 e. The number of hydrogen-bond acceptors (Lipinski definition) is 1. The van der Waals surface area contributed by atoms with Gasteiger partial charge in [0.1, 0.15) is 11.5 Å². The first-order valence-corrected chi connectivity index (χ1v) is 9.52. The van der Waals surface area contributed by atoms with E-state index in [0.29, 0.717) is 0 Å². The van der Waals surface area contributed by atoms with Crippen LogP contribution in [-0.4, -0.2) is 0 Å². The van der Waals surface area contributed by atoms with E-state index in [1.54, 1.807) is 12.2 Å². The Morgan fingerprint density at radius 3 is 1.86 bits per heavy atom. The summed E-state index contributed by atoms with van der Waals surface area (Å²) >= 11 is 0. The van der Waals surface area contributed by atoms with Gasteiger partial charge in [0.25, 0.3) is 0 Å². The summed E-state index contributed by atoms with van der Waals surface area (Å²) in [5.74, 6) is 1.54. The highest BCUT2D eigenvalue weighted by atomic mass is 16.5.